The molecule has 4 nitrogen and oxygen atoms in total. The molecule has 0 saturated heterocycles. The Labute approximate surface area is 211 Å². The molecule has 0 bridgehead atoms. The molecule has 4 heteroatoms. The molecular weight excluding hydrogens is 424 g/mol. The summed E-state index contributed by atoms with van der Waals surface area (Å²) >= 11 is 0. The van der Waals surface area contributed by atoms with Crippen LogP contribution < -0.4 is 0 Å². The van der Waals surface area contributed by atoms with Gasteiger partial charge in [0.05, 0.1) is 0 Å². The molecular formula is C30H56O4. The highest BCUT2D eigenvalue weighted by Crippen LogP contribution is 2.21. The van der Waals surface area contributed by atoms with Crippen molar-refractivity contribution in [2.24, 2.45) is 0 Å². The maximum atomic E-state index is 11.7. The molecule has 2 N–H and O–H groups in total. The Kier molecular flexibility index (Phi) is 23.8. The van der Waals surface area contributed by atoms with Crippen molar-refractivity contribution in [1.82, 2.24) is 0 Å². The summed E-state index contributed by atoms with van der Waals surface area (Å²) in [7, 11) is 0. The van der Waals surface area contributed by atoms with Crippen molar-refractivity contribution >= 4 is 11.9 Å². The van der Waals surface area contributed by atoms with Crippen LogP contribution in [-0.2, 0) is 9.59 Å². The molecule has 0 aromatic rings. The summed E-state index contributed by atoms with van der Waals surface area (Å²) in [6.45, 7) is 4.48. The first-order valence-corrected chi connectivity index (χ1v) is 14.7. The lowest BCUT2D eigenvalue weighted by Crippen LogP contribution is -2.12. The normalized spacial score (nSPS) is 12.1. The fourth-order valence-corrected chi connectivity index (χ4v) is 4.71. The zero-order valence-electron chi connectivity index (χ0n) is 22.7. The van der Waals surface area contributed by atoms with Gasteiger partial charge in [0.15, 0.2) is 0 Å². The molecule has 0 rings (SSSR count). The second-order valence-corrected chi connectivity index (χ2v) is 10.1. The van der Waals surface area contributed by atoms with Gasteiger partial charge < -0.3 is 10.2 Å². The summed E-state index contributed by atoms with van der Waals surface area (Å²) in [4.78, 5) is 23.5. The largest absolute Gasteiger partial charge is 0.478 e. The Bertz CT molecular complexity index is 478. The fraction of sp³-hybridized carbons (Fsp3) is 0.867. The molecule has 0 amide bonds. The van der Waals surface area contributed by atoms with Crippen LogP contribution in [0.2, 0.25) is 0 Å². The number of unbranched alkanes of at least 4 members (excludes halogenated alkanes) is 20. The summed E-state index contributed by atoms with van der Waals surface area (Å²) in [5.41, 5.74) is 0.269. The van der Waals surface area contributed by atoms with E-state index in [9.17, 15) is 19.8 Å². The number of hydrogen-bond donors (Lipinski definition) is 2. The monoisotopic (exact) mass is 480 g/mol. The van der Waals surface area contributed by atoms with Gasteiger partial charge >= 0.3 is 11.9 Å². The molecule has 0 aromatic heterocycles. The molecule has 34 heavy (non-hydrogen) atoms. The van der Waals surface area contributed by atoms with E-state index in [1.807, 2.05) is 0 Å². The van der Waals surface area contributed by atoms with Crippen molar-refractivity contribution in [2.75, 3.05) is 0 Å². The van der Waals surface area contributed by atoms with E-state index in [1.54, 1.807) is 0 Å². The summed E-state index contributed by atoms with van der Waals surface area (Å²) in [5.74, 6) is -2.10. The van der Waals surface area contributed by atoms with Gasteiger partial charge in [0.1, 0.15) is 0 Å². The molecule has 0 fully saturated rings. The van der Waals surface area contributed by atoms with Crippen LogP contribution in [0.4, 0.5) is 0 Å². The predicted octanol–water partition coefficient (Wildman–Crippen LogP) is 9.85. The van der Waals surface area contributed by atoms with Gasteiger partial charge in [-0.1, -0.05) is 142 Å². The maximum absolute atomic E-state index is 11.7. The van der Waals surface area contributed by atoms with E-state index < -0.39 is 11.9 Å². The molecule has 200 valence electrons. The first-order valence-electron chi connectivity index (χ1n) is 14.7. The zero-order chi connectivity index (χ0) is 25.3. The third-order valence-electron chi connectivity index (χ3n) is 6.94. The van der Waals surface area contributed by atoms with Crippen molar-refractivity contribution < 1.29 is 19.8 Å². The van der Waals surface area contributed by atoms with Crippen LogP contribution in [0.5, 0.6) is 0 Å². The van der Waals surface area contributed by atoms with Crippen molar-refractivity contribution in [3.05, 3.63) is 11.1 Å². The van der Waals surface area contributed by atoms with Gasteiger partial charge in [-0.3, -0.25) is 0 Å². The Morgan fingerprint density at radius 1 is 0.382 bits per heavy atom. The third kappa shape index (κ3) is 20.1. The molecule has 0 atom stereocenters. The lowest BCUT2D eigenvalue weighted by atomic mass is 9.96. The fourth-order valence-electron chi connectivity index (χ4n) is 4.71. The Morgan fingerprint density at radius 2 is 0.588 bits per heavy atom. The molecule has 0 aliphatic rings. The Balaban J connectivity index is 4.05. The lowest BCUT2D eigenvalue weighted by Gasteiger charge is -2.10. The van der Waals surface area contributed by atoms with Crippen LogP contribution in [0, 0.1) is 0 Å². The summed E-state index contributed by atoms with van der Waals surface area (Å²) in [6, 6.07) is 0. The van der Waals surface area contributed by atoms with Gasteiger partial charge in [0, 0.05) is 11.1 Å². The molecule has 0 aliphatic carbocycles. The van der Waals surface area contributed by atoms with E-state index in [-0.39, 0.29) is 11.1 Å². The van der Waals surface area contributed by atoms with Crippen LogP contribution >= 0.6 is 0 Å². The number of carboxylic acid groups (broad SMARTS) is 2. The third-order valence-corrected chi connectivity index (χ3v) is 6.94. The highest BCUT2D eigenvalue weighted by molar-refractivity contribution is 5.98. The summed E-state index contributed by atoms with van der Waals surface area (Å²) < 4.78 is 0. The van der Waals surface area contributed by atoms with Crippen LogP contribution in [0.25, 0.3) is 0 Å². The highest BCUT2D eigenvalue weighted by atomic mass is 16.4. The van der Waals surface area contributed by atoms with Crippen LogP contribution in [0.15, 0.2) is 11.1 Å². The second-order valence-electron chi connectivity index (χ2n) is 10.1. The van der Waals surface area contributed by atoms with Crippen LogP contribution in [0.1, 0.15) is 168 Å². The minimum Gasteiger partial charge on any atom is -0.478 e. The van der Waals surface area contributed by atoms with Gasteiger partial charge in [0.25, 0.3) is 0 Å². The Morgan fingerprint density at radius 3 is 0.794 bits per heavy atom. The maximum Gasteiger partial charge on any atom is 0.332 e. The number of carbonyl (C=O) groups is 2. The smallest absolute Gasteiger partial charge is 0.332 e. The number of carboxylic acids is 2. The lowest BCUT2D eigenvalue weighted by molar-refractivity contribution is -0.136. The summed E-state index contributed by atoms with van der Waals surface area (Å²) in [5, 5.41) is 19.2. The van der Waals surface area contributed by atoms with E-state index in [2.05, 4.69) is 13.8 Å². The first kappa shape index (κ1) is 32.7. The molecule has 0 saturated carbocycles. The van der Waals surface area contributed by atoms with Crippen molar-refractivity contribution in [3.63, 3.8) is 0 Å². The molecule has 0 unspecified atom stereocenters. The van der Waals surface area contributed by atoms with Crippen molar-refractivity contribution in [2.45, 2.75) is 168 Å². The van der Waals surface area contributed by atoms with Gasteiger partial charge in [-0.15, -0.1) is 0 Å². The molecule has 0 aliphatic heterocycles. The van der Waals surface area contributed by atoms with Crippen molar-refractivity contribution in [3.8, 4) is 0 Å². The number of rotatable bonds is 26. The number of hydrogen-bond acceptors (Lipinski definition) is 2. The van der Waals surface area contributed by atoms with E-state index in [0.29, 0.717) is 12.8 Å². The topological polar surface area (TPSA) is 74.6 Å². The van der Waals surface area contributed by atoms with E-state index >= 15 is 0 Å². The molecule has 0 heterocycles. The summed E-state index contributed by atoms with van der Waals surface area (Å²) in [6.07, 6.45) is 27.3. The van der Waals surface area contributed by atoms with Crippen LogP contribution in [-0.4, -0.2) is 22.2 Å². The van der Waals surface area contributed by atoms with E-state index in [4.69, 9.17) is 0 Å². The highest BCUT2D eigenvalue weighted by Gasteiger charge is 2.19. The standard InChI is InChI=1S/C30H56O4/c1-3-5-7-9-11-13-15-17-19-21-23-25-27(29(31)32)28(30(33)34)26-24-22-20-18-16-14-12-10-8-6-4-2/h3-26H2,1-2H3,(H,31,32)(H,33,34)/b28-27+. The molecule has 0 spiro atoms. The zero-order valence-corrected chi connectivity index (χ0v) is 22.7. The quantitative estimate of drug-likeness (QED) is 0.0954. The van der Waals surface area contributed by atoms with Crippen molar-refractivity contribution in [1.29, 1.82) is 0 Å². The van der Waals surface area contributed by atoms with Gasteiger partial charge in [-0.25, -0.2) is 9.59 Å². The van der Waals surface area contributed by atoms with Crippen LogP contribution in [0.3, 0.4) is 0 Å². The van der Waals surface area contributed by atoms with Gasteiger partial charge in [0.2, 0.25) is 0 Å². The molecule has 0 aromatic carbocycles. The minimum atomic E-state index is -1.05. The predicted molar refractivity (Wildman–Crippen MR) is 144 cm³/mol. The van der Waals surface area contributed by atoms with Gasteiger partial charge in [-0.05, 0) is 25.7 Å². The van der Waals surface area contributed by atoms with E-state index in [1.165, 1.54) is 103 Å². The second kappa shape index (κ2) is 24.8. The first-order chi connectivity index (χ1) is 16.5. The average molecular weight is 481 g/mol. The SMILES string of the molecule is CCCCCCCCCCCCC/C(C(=O)O)=C(/CCCCCCCCCCCCC)C(=O)O. The molecule has 0 radical (unpaired) electrons. The van der Waals surface area contributed by atoms with E-state index in [0.717, 1.165) is 38.5 Å². The minimum absolute atomic E-state index is 0.135. The average Bonchev–Trinajstić information content (AvgIpc) is 2.81. The Hall–Kier alpha value is -1.32. The van der Waals surface area contributed by atoms with Gasteiger partial charge in [-0.2, -0.15) is 0 Å². The number of aliphatic carboxylic acids is 2.